The predicted octanol–water partition coefficient (Wildman–Crippen LogP) is 3.24. The molecular formula is C23H32N2O3. The van der Waals surface area contributed by atoms with Crippen LogP contribution in [0.3, 0.4) is 0 Å². The van der Waals surface area contributed by atoms with Gasteiger partial charge in [0.15, 0.2) is 6.61 Å². The van der Waals surface area contributed by atoms with Crippen LogP contribution in [0.25, 0.3) is 0 Å². The van der Waals surface area contributed by atoms with Gasteiger partial charge in [-0.05, 0) is 68.2 Å². The van der Waals surface area contributed by atoms with E-state index in [4.69, 9.17) is 4.74 Å². The normalized spacial score (nSPS) is 20.6. The van der Waals surface area contributed by atoms with Gasteiger partial charge in [-0.1, -0.05) is 25.3 Å². The summed E-state index contributed by atoms with van der Waals surface area (Å²) in [5, 5.41) is 3.22. The van der Waals surface area contributed by atoms with Crippen LogP contribution in [0, 0.1) is 5.92 Å². The summed E-state index contributed by atoms with van der Waals surface area (Å²) in [5.41, 5.74) is 2.77. The van der Waals surface area contributed by atoms with Crippen LogP contribution in [0.5, 0.6) is 5.75 Å². The molecule has 5 heteroatoms. The molecule has 0 radical (unpaired) electrons. The lowest BCUT2D eigenvalue weighted by Gasteiger charge is -2.33. The molecule has 1 aromatic carbocycles. The molecule has 1 heterocycles. The zero-order valence-corrected chi connectivity index (χ0v) is 16.8. The number of nitrogens with one attached hydrogen (secondary N) is 1. The van der Waals surface area contributed by atoms with Gasteiger partial charge in [0.25, 0.3) is 5.91 Å². The van der Waals surface area contributed by atoms with Crippen molar-refractivity contribution in [3.8, 4) is 5.75 Å². The molecular weight excluding hydrogens is 352 g/mol. The number of hydrogen-bond acceptors (Lipinski definition) is 3. The molecule has 3 aliphatic rings. The van der Waals surface area contributed by atoms with Crippen molar-refractivity contribution >= 4 is 11.8 Å². The third kappa shape index (κ3) is 4.68. The Balaban J connectivity index is 1.19. The first-order valence-corrected chi connectivity index (χ1v) is 11.0. The van der Waals surface area contributed by atoms with Gasteiger partial charge in [0.1, 0.15) is 5.75 Å². The number of hydrogen-bond donors (Lipinski definition) is 1. The quantitative estimate of drug-likeness (QED) is 0.848. The fourth-order valence-corrected chi connectivity index (χ4v) is 4.83. The van der Waals surface area contributed by atoms with Gasteiger partial charge in [0.2, 0.25) is 5.91 Å². The smallest absolute Gasteiger partial charge is 0.260 e. The van der Waals surface area contributed by atoms with E-state index in [1.807, 2.05) is 11.0 Å². The topological polar surface area (TPSA) is 58.6 Å². The molecule has 28 heavy (non-hydrogen) atoms. The highest BCUT2D eigenvalue weighted by molar-refractivity contribution is 5.79. The van der Waals surface area contributed by atoms with E-state index >= 15 is 0 Å². The van der Waals surface area contributed by atoms with Gasteiger partial charge in [0.05, 0.1) is 0 Å². The molecule has 2 fully saturated rings. The second-order valence-corrected chi connectivity index (χ2v) is 8.57. The lowest BCUT2D eigenvalue weighted by Crippen LogP contribution is -2.48. The SMILES string of the molecule is O=C(NC1CCN(C(=O)COc2ccc3c(c2)CCC3)CC1)C1CCCCC1. The molecule has 152 valence electrons. The summed E-state index contributed by atoms with van der Waals surface area (Å²) in [6.07, 6.45) is 10.8. The number of carbonyl (C=O) groups is 2. The Morgan fingerprint density at radius 1 is 0.964 bits per heavy atom. The molecule has 1 N–H and O–H groups in total. The Labute approximate surface area is 167 Å². The maximum absolute atomic E-state index is 12.5. The first-order valence-electron chi connectivity index (χ1n) is 11.0. The third-order valence-corrected chi connectivity index (χ3v) is 6.60. The third-order valence-electron chi connectivity index (χ3n) is 6.60. The molecule has 2 aliphatic carbocycles. The Kier molecular flexibility index (Phi) is 6.18. The first kappa shape index (κ1) is 19.3. The van der Waals surface area contributed by atoms with Gasteiger partial charge in [0, 0.05) is 25.0 Å². The van der Waals surface area contributed by atoms with Crippen LogP contribution < -0.4 is 10.1 Å². The van der Waals surface area contributed by atoms with E-state index in [0.29, 0.717) is 13.1 Å². The summed E-state index contributed by atoms with van der Waals surface area (Å²) < 4.78 is 5.76. The van der Waals surface area contributed by atoms with Crippen LogP contribution in [0.15, 0.2) is 18.2 Å². The summed E-state index contributed by atoms with van der Waals surface area (Å²) in [7, 11) is 0. The van der Waals surface area contributed by atoms with Gasteiger partial charge < -0.3 is 15.0 Å². The Morgan fingerprint density at radius 3 is 2.50 bits per heavy atom. The fourth-order valence-electron chi connectivity index (χ4n) is 4.83. The minimum absolute atomic E-state index is 0.0394. The van der Waals surface area contributed by atoms with Gasteiger partial charge in [-0.2, -0.15) is 0 Å². The standard InChI is InChI=1S/C23H32N2O3/c26-22(16-28-21-10-9-17-7-4-8-19(17)15-21)25-13-11-20(12-14-25)24-23(27)18-5-2-1-3-6-18/h9-10,15,18,20H,1-8,11-14,16H2,(H,24,27). The number of amides is 2. The minimum atomic E-state index is 0.0394. The molecule has 0 aromatic heterocycles. The van der Waals surface area contributed by atoms with E-state index in [1.54, 1.807) is 0 Å². The number of benzene rings is 1. The highest BCUT2D eigenvalue weighted by atomic mass is 16.5. The van der Waals surface area contributed by atoms with Gasteiger partial charge in [-0.25, -0.2) is 0 Å². The van der Waals surface area contributed by atoms with Gasteiger partial charge in [-0.15, -0.1) is 0 Å². The molecule has 5 nitrogen and oxygen atoms in total. The van der Waals surface area contributed by atoms with Gasteiger partial charge >= 0.3 is 0 Å². The molecule has 0 atom stereocenters. The average molecular weight is 385 g/mol. The minimum Gasteiger partial charge on any atom is -0.484 e. The highest BCUT2D eigenvalue weighted by Crippen LogP contribution is 2.26. The summed E-state index contributed by atoms with van der Waals surface area (Å²) in [6, 6.07) is 6.39. The molecule has 0 unspecified atom stereocenters. The molecule has 4 rings (SSSR count). The maximum atomic E-state index is 12.5. The summed E-state index contributed by atoms with van der Waals surface area (Å²) >= 11 is 0. The average Bonchev–Trinajstić information content (AvgIpc) is 3.21. The van der Waals surface area contributed by atoms with Crippen LogP contribution in [0.4, 0.5) is 0 Å². The first-order chi connectivity index (χ1) is 13.7. The zero-order valence-electron chi connectivity index (χ0n) is 16.8. The van der Waals surface area contributed by atoms with Gasteiger partial charge in [-0.3, -0.25) is 9.59 Å². The monoisotopic (exact) mass is 384 g/mol. The fraction of sp³-hybridized carbons (Fsp3) is 0.652. The highest BCUT2D eigenvalue weighted by Gasteiger charge is 2.27. The van der Waals surface area contributed by atoms with Crippen LogP contribution in [-0.4, -0.2) is 42.5 Å². The number of likely N-dealkylation sites (tertiary alicyclic amines) is 1. The molecule has 0 bridgehead atoms. The molecule has 2 amide bonds. The molecule has 1 aliphatic heterocycles. The second kappa shape index (κ2) is 8.97. The van der Waals surface area contributed by atoms with Crippen LogP contribution in [0.2, 0.25) is 0 Å². The van der Waals surface area contributed by atoms with Crippen molar-refractivity contribution in [1.82, 2.24) is 10.2 Å². The van der Waals surface area contributed by atoms with Crippen LogP contribution in [-0.2, 0) is 22.4 Å². The van der Waals surface area contributed by atoms with Crippen molar-refractivity contribution in [3.63, 3.8) is 0 Å². The van der Waals surface area contributed by atoms with Crippen molar-refractivity contribution in [3.05, 3.63) is 29.3 Å². The van der Waals surface area contributed by atoms with E-state index in [9.17, 15) is 9.59 Å². The number of fused-ring (bicyclic) bond motifs is 1. The number of nitrogens with zero attached hydrogens (tertiary/aromatic N) is 1. The predicted molar refractivity (Wildman–Crippen MR) is 108 cm³/mol. The number of aryl methyl sites for hydroxylation is 2. The molecule has 0 spiro atoms. The second-order valence-electron chi connectivity index (χ2n) is 8.57. The van der Waals surface area contributed by atoms with E-state index in [-0.39, 0.29) is 30.4 Å². The largest absolute Gasteiger partial charge is 0.484 e. The Morgan fingerprint density at radius 2 is 1.71 bits per heavy atom. The van der Waals surface area contributed by atoms with E-state index in [2.05, 4.69) is 17.4 Å². The lowest BCUT2D eigenvalue weighted by molar-refractivity contribution is -0.134. The number of ether oxygens (including phenoxy) is 1. The molecule has 1 saturated carbocycles. The van der Waals surface area contributed by atoms with Crippen molar-refractivity contribution < 1.29 is 14.3 Å². The number of carbonyl (C=O) groups excluding carboxylic acids is 2. The summed E-state index contributed by atoms with van der Waals surface area (Å²) in [4.78, 5) is 26.8. The molecule has 1 saturated heterocycles. The van der Waals surface area contributed by atoms with Crippen LogP contribution >= 0.6 is 0 Å². The van der Waals surface area contributed by atoms with Crippen LogP contribution in [0.1, 0.15) is 62.5 Å². The molecule has 1 aromatic rings. The number of rotatable bonds is 5. The van der Waals surface area contributed by atoms with E-state index < -0.39 is 0 Å². The van der Waals surface area contributed by atoms with Crippen molar-refractivity contribution in [2.75, 3.05) is 19.7 Å². The lowest BCUT2D eigenvalue weighted by atomic mass is 9.88. The van der Waals surface area contributed by atoms with E-state index in [1.165, 1.54) is 36.8 Å². The van der Waals surface area contributed by atoms with Crippen molar-refractivity contribution in [2.24, 2.45) is 5.92 Å². The van der Waals surface area contributed by atoms with Crippen molar-refractivity contribution in [1.29, 1.82) is 0 Å². The summed E-state index contributed by atoms with van der Waals surface area (Å²) in [6.45, 7) is 1.49. The zero-order chi connectivity index (χ0) is 19.3. The summed E-state index contributed by atoms with van der Waals surface area (Å²) in [5.74, 6) is 1.26. The maximum Gasteiger partial charge on any atom is 0.260 e. The van der Waals surface area contributed by atoms with E-state index in [0.717, 1.165) is 44.3 Å². The Bertz CT molecular complexity index is 704. The van der Waals surface area contributed by atoms with Crippen molar-refractivity contribution in [2.45, 2.75) is 70.3 Å². The number of piperidine rings is 1. The Hall–Kier alpha value is -2.04.